The van der Waals surface area contributed by atoms with Crippen molar-refractivity contribution in [2.24, 2.45) is 0 Å². The Balaban J connectivity index is 0.000000354. The molecule has 0 amide bonds. The number of carboxylic acid groups (broad SMARTS) is 1. The predicted octanol–water partition coefficient (Wildman–Crippen LogP) is 0.549. The van der Waals surface area contributed by atoms with Gasteiger partial charge in [-0.1, -0.05) is 12.2 Å². The van der Waals surface area contributed by atoms with Crippen LogP contribution >= 0.6 is 0 Å². The van der Waals surface area contributed by atoms with Crippen molar-refractivity contribution in [3.05, 3.63) is 24.4 Å². The van der Waals surface area contributed by atoms with Crippen LogP contribution < -0.4 is 0 Å². The second kappa shape index (κ2) is 6.42. The molecular weight excluding hydrogens is 156 g/mol. The Morgan fingerprint density at radius 3 is 2.33 bits per heavy atom. The van der Waals surface area contributed by atoms with Crippen molar-refractivity contribution in [2.45, 2.75) is 0 Å². The smallest absolute Gasteiger partial charge is 0.290 e. The van der Waals surface area contributed by atoms with Gasteiger partial charge in [0.25, 0.3) is 6.47 Å². The number of hydrogen-bond donors (Lipinski definition) is 1. The summed E-state index contributed by atoms with van der Waals surface area (Å²) in [5, 5.41) is 11.1. The van der Waals surface area contributed by atoms with Gasteiger partial charge < -0.3 is 10.1 Å². The molecule has 0 spiro atoms. The fourth-order valence-corrected chi connectivity index (χ4v) is 0.754. The third kappa shape index (κ3) is 4.51. The van der Waals surface area contributed by atoms with Crippen molar-refractivity contribution < 1.29 is 9.90 Å². The van der Waals surface area contributed by atoms with Crippen LogP contribution in [-0.4, -0.2) is 42.2 Å². The molecule has 0 atom stereocenters. The highest BCUT2D eigenvalue weighted by Crippen LogP contribution is 1.98. The van der Waals surface area contributed by atoms with Gasteiger partial charge in [-0.25, -0.2) is 5.01 Å². The average molecular weight is 170 g/mol. The predicted molar refractivity (Wildman–Crippen MR) is 47.4 cm³/mol. The molecule has 0 aromatic heterocycles. The standard InChI is InChI=1S/C7H12N2.CH2O2/c1-8(2)9-6-4-3-5-7-9;2-1-3/h3-6H,7H2,1-2H3;1H,(H,2,3). The van der Waals surface area contributed by atoms with Gasteiger partial charge in [-0.15, -0.1) is 0 Å². The van der Waals surface area contributed by atoms with E-state index in [0.29, 0.717) is 0 Å². The van der Waals surface area contributed by atoms with Crippen molar-refractivity contribution in [3.63, 3.8) is 0 Å². The van der Waals surface area contributed by atoms with E-state index in [-0.39, 0.29) is 6.47 Å². The maximum atomic E-state index is 8.36. The summed E-state index contributed by atoms with van der Waals surface area (Å²) >= 11 is 0. The molecule has 0 radical (unpaired) electrons. The summed E-state index contributed by atoms with van der Waals surface area (Å²) in [5.74, 6) is 0. The van der Waals surface area contributed by atoms with Crippen LogP contribution in [0, 0.1) is 0 Å². The van der Waals surface area contributed by atoms with E-state index in [1.807, 2.05) is 20.2 Å². The fourth-order valence-electron chi connectivity index (χ4n) is 0.754. The molecule has 1 aliphatic rings. The van der Waals surface area contributed by atoms with Gasteiger partial charge in [-0.05, 0) is 6.08 Å². The molecular formula is C8H14N2O2. The van der Waals surface area contributed by atoms with E-state index in [1.165, 1.54) is 0 Å². The van der Waals surface area contributed by atoms with Gasteiger partial charge in [0, 0.05) is 20.3 Å². The highest BCUT2D eigenvalue weighted by atomic mass is 16.3. The van der Waals surface area contributed by atoms with Gasteiger partial charge in [-0.3, -0.25) is 4.79 Å². The van der Waals surface area contributed by atoms with E-state index in [9.17, 15) is 0 Å². The number of nitrogens with zero attached hydrogens (tertiary/aromatic N) is 2. The quantitative estimate of drug-likeness (QED) is 0.584. The molecule has 0 unspecified atom stereocenters. The molecule has 0 saturated heterocycles. The number of rotatable bonds is 1. The van der Waals surface area contributed by atoms with Gasteiger partial charge >= 0.3 is 0 Å². The molecule has 12 heavy (non-hydrogen) atoms. The molecule has 0 bridgehead atoms. The van der Waals surface area contributed by atoms with Crippen LogP contribution in [0.4, 0.5) is 0 Å². The Morgan fingerprint density at radius 2 is 2.08 bits per heavy atom. The summed E-state index contributed by atoms with van der Waals surface area (Å²) < 4.78 is 0. The Labute approximate surface area is 72.4 Å². The van der Waals surface area contributed by atoms with Crippen molar-refractivity contribution in [1.29, 1.82) is 0 Å². The largest absolute Gasteiger partial charge is 0.483 e. The van der Waals surface area contributed by atoms with Gasteiger partial charge in [0.1, 0.15) is 0 Å². The third-order valence-electron chi connectivity index (χ3n) is 1.31. The van der Waals surface area contributed by atoms with Crippen LogP contribution in [0.5, 0.6) is 0 Å². The Kier molecular flexibility index (Phi) is 5.73. The van der Waals surface area contributed by atoms with Crippen LogP contribution in [0.3, 0.4) is 0 Å². The summed E-state index contributed by atoms with van der Waals surface area (Å²) in [6, 6.07) is 0. The highest BCUT2D eigenvalue weighted by Gasteiger charge is 1.98. The first-order valence-electron chi connectivity index (χ1n) is 3.57. The molecule has 0 aromatic rings. The van der Waals surface area contributed by atoms with E-state index >= 15 is 0 Å². The molecule has 0 aliphatic carbocycles. The van der Waals surface area contributed by atoms with Crippen LogP contribution in [0.1, 0.15) is 0 Å². The second-order valence-corrected chi connectivity index (χ2v) is 2.34. The van der Waals surface area contributed by atoms with E-state index in [4.69, 9.17) is 9.90 Å². The first kappa shape index (κ1) is 10.7. The van der Waals surface area contributed by atoms with Gasteiger partial charge in [0.15, 0.2) is 0 Å². The van der Waals surface area contributed by atoms with E-state index in [0.717, 1.165) is 6.54 Å². The Hall–Kier alpha value is -1.29. The lowest BCUT2D eigenvalue weighted by atomic mass is 10.4. The molecule has 0 saturated carbocycles. The molecule has 1 heterocycles. The Bertz CT molecular complexity index is 176. The van der Waals surface area contributed by atoms with E-state index in [1.54, 1.807) is 0 Å². The lowest BCUT2D eigenvalue weighted by Gasteiger charge is -2.27. The molecule has 68 valence electrons. The summed E-state index contributed by atoms with van der Waals surface area (Å²) in [6.45, 7) is 0.740. The first-order chi connectivity index (χ1) is 5.72. The molecule has 1 N–H and O–H groups in total. The normalized spacial score (nSPS) is 14.1. The van der Waals surface area contributed by atoms with Gasteiger partial charge in [0.2, 0.25) is 0 Å². The number of carbonyl (C=O) groups is 1. The van der Waals surface area contributed by atoms with Crippen LogP contribution in [0.2, 0.25) is 0 Å². The topological polar surface area (TPSA) is 43.8 Å². The SMILES string of the molecule is CN(C)N1C=CC=CC1.O=CO. The van der Waals surface area contributed by atoms with Crippen LogP contribution in [0.25, 0.3) is 0 Å². The second-order valence-electron chi connectivity index (χ2n) is 2.34. The zero-order valence-corrected chi connectivity index (χ0v) is 7.34. The van der Waals surface area contributed by atoms with Gasteiger partial charge in [-0.2, -0.15) is 0 Å². The molecule has 0 fully saturated rings. The highest BCUT2D eigenvalue weighted by molar-refractivity contribution is 5.32. The Morgan fingerprint density at radius 1 is 1.50 bits per heavy atom. The summed E-state index contributed by atoms with van der Waals surface area (Å²) in [6.07, 6.45) is 8.27. The zero-order chi connectivity index (χ0) is 9.40. The molecule has 4 nitrogen and oxygen atoms in total. The van der Waals surface area contributed by atoms with Crippen molar-refractivity contribution in [3.8, 4) is 0 Å². The first-order valence-corrected chi connectivity index (χ1v) is 3.57. The fraction of sp³-hybridized carbons (Fsp3) is 0.375. The van der Waals surface area contributed by atoms with E-state index in [2.05, 4.69) is 28.4 Å². The van der Waals surface area contributed by atoms with Crippen LogP contribution in [0.15, 0.2) is 24.4 Å². The van der Waals surface area contributed by atoms with Gasteiger partial charge in [0.05, 0.1) is 6.54 Å². The van der Waals surface area contributed by atoms with E-state index < -0.39 is 0 Å². The molecule has 1 aliphatic heterocycles. The van der Waals surface area contributed by atoms with Crippen molar-refractivity contribution >= 4 is 6.47 Å². The molecule has 4 heteroatoms. The maximum absolute atomic E-state index is 8.36. The minimum absolute atomic E-state index is 0.250. The number of allylic oxidation sites excluding steroid dienone is 2. The zero-order valence-electron chi connectivity index (χ0n) is 7.34. The monoisotopic (exact) mass is 170 g/mol. The van der Waals surface area contributed by atoms with Crippen molar-refractivity contribution in [1.82, 2.24) is 10.0 Å². The summed E-state index contributed by atoms with van der Waals surface area (Å²) in [5.41, 5.74) is 0. The third-order valence-corrected chi connectivity index (χ3v) is 1.31. The minimum atomic E-state index is -0.250. The summed E-state index contributed by atoms with van der Waals surface area (Å²) in [7, 11) is 4.06. The average Bonchev–Trinajstić information content (AvgIpc) is 2.07. The summed E-state index contributed by atoms with van der Waals surface area (Å²) in [4.78, 5) is 8.36. The molecule has 0 aromatic carbocycles. The number of hydrazine groups is 1. The number of hydrogen-bond acceptors (Lipinski definition) is 3. The molecule has 1 rings (SSSR count). The maximum Gasteiger partial charge on any atom is 0.290 e. The lowest BCUT2D eigenvalue weighted by Crippen LogP contribution is -2.32. The minimum Gasteiger partial charge on any atom is -0.483 e. The van der Waals surface area contributed by atoms with Crippen molar-refractivity contribution in [2.75, 3.05) is 20.6 Å². The lowest BCUT2D eigenvalue weighted by molar-refractivity contribution is -0.122. The van der Waals surface area contributed by atoms with Crippen LogP contribution in [-0.2, 0) is 4.79 Å².